The maximum absolute atomic E-state index is 5.34. The van der Waals surface area contributed by atoms with Crippen LogP contribution in [0.3, 0.4) is 0 Å². The molecule has 0 saturated heterocycles. The zero-order valence-corrected chi connectivity index (χ0v) is 23.7. The number of fused-ring (bicyclic) bond motifs is 4. The molecule has 1 aliphatic heterocycles. The highest BCUT2D eigenvalue weighted by Crippen LogP contribution is 2.68. The minimum absolute atomic E-state index is 0.349. The summed E-state index contributed by atoms with van der Waals surface area (Å²) in [5.41, 5.74) is 5.45. The summed E-state index contributed by atoms with van der Waals surface area (Å²) in [5, 5.41) is 3.95. The van der Waals surface area contributed by atoms with Gasteiger partial charge in [0.1, 0.15) is 5.84 Å². The number of rotatable bonds is 6. The van der Waals surface area contributed by atoms with E-state index in [1.54, 1.807) is 11.3 Å². The van der Waals surface area contributed by atoms with E-state index >= 15 is 0 Å². The second-order valence-electron chi connectivity index (χ2n) is 14.3. The third-order valence-electron chi connectivity index (χ3n) is 11.9. The molecule has 2 heteroatoms. The van der Waals surface area contributed by atoms with E-state index in [1.807, 2.05) is 0 Å². The molecule has 3 fully saturated rings. The predicted molar refractivity (Wildman–Crippen MR) is 152 cm³/mol. The van der Waals surface area contributed by atoms with Gasteiger partial charge in [0.2, 0.25) is 0 Å². The van der Waals surface area contributed by atoms with Gasteiger partial charge in [-0.05, 0) is 96.9 Å². The van der Waals surface area contributed by atoms with E-state index in [2.05, 4.69) is 70.3 Å². The summed E-state index contributed by atoms with van der Waals surface area (Å²) in [4.78, 5) is 5.34. The molecule has 0 amide bonds. The van der Waals surface area contributed by atoms with E-state index in [0.717, 1.165) is 41.3 Å². The summed E-state index contributed by atoms with van der Waals surface area (Å²) in [7, 11) is 0. The van der Waals surface area contributed by atoms with Crippen LogP contribution in [0, 0.1) is 46.3 Å². The first-order valence-corrected chi connectivity index (χ1v) is 15.4. The van der Waals surface area contributed by atoms with Crippen LogP contribution in [0.5, 0.6) is 0 Å². The van der Waals surface area contributed by atoms with Gasteiger partial charge in [-0.25, -0.2) is 0 Å². The zero-order chi connectivity index (χ0) is 25.1. The van der Waals surface area contributed by atoms with Gasteiger partial charge in [-0.2, -0.15) is 0 Å². The van der Waals surface area contributed by atoms with Crippen molar-refractivity contribution in [2.24, 2.45) is 51.3 Å². The van der Waals surface area contributed by atoms with Crippen molar-refractivity contribution < 1.29 is 0 Å². The Hall–Kier alpha value is -1.57. The number of nitrogens with zero attached hydrogens (tertiary/aromatic N) is 1. The molecule has 6 rings (SSSR count). The van der Waals surface area contributed by atoms with E-state index in [9.17, 15) is 0 Å². The lowest BCUT2D eigenvalue weighted by molar-refractivity contribution is -0.0544. The fraction of sp³-hybridized carbons (Fsp3) is 0.735. The first-order chi connectivity index (χ1) is 17.3. The van der Waals surface area contributed by atoms with E-state index in [0.29, 0.717) is 16.9 Å². The Balaban J connectivity index is 1.27. The van der Waals surface area contributed by atoms with E-state index in [1.165, 1.54) is 76.2 Å². The molecular weight excluding hydrogens is 436 g/mol. The maximum atomic E-state index is 5.34. The van der Waals surface area contributed by atoms with Crippen LogP contribution in [-0.2, 0) is 0 Å². The highest BCUT2D eigenvalue weighted by atomic mass is 15.1. The van der Waals surface area contributed by atoms with Crippen molar-refractivity contribution in [3.05, 3.63) is 47.2 Å². The lowest BCUT2D eigenvalue weighted by Gasteiger charge is -2.60. The van der Waals surface area contributed by atoms with Crippen molar-refractivity contribution in [2.45, 2.75) is 111 Å². The first-order valence-electron chi connectivity index (χ1n) is 15.4. The van der Waals surface area contributed by atoms with Gasteiger partial charge < -0.3 is 5.32 Å². The second-order valence-corrected chi connectivity index (χ2v) is 14.3. The van der Waals surface area contributed by atoms with Crippen LogP contribution in [0.4, 0.5) is 0 Å². The Morgan fingerprint density at radius 1 is 0.944 bits per heavy atom. The Bertz CT molecular complexity index is 1020. The zero-order valence-electron chi connectivity index (χ0n) is 23.7. The summed E-state index contributed by atoms with van der Waals surface area (Å²) in [6, 6.07) is 11.3. The van der Waals surface area contributed by atoms with Gasteiger partial charge in [0.05, 0.1) is 6.04 Å². The normalized spacial score (nSPS) is 40.2. The van der Waals surface area contributed by atoms with Crippen LogP contribution in [0.1, 0.15) is 111 Å². The summed E-state index contributed by atoms with van der Waals surface area (Å²) >= 11 is 0. The minimum Gasteiger partial charge on any atom is -0.344 e. The van der Waals surface area contributed by atoms with Crippen LogP contribution < -0.4 is 5.32 Å². The van der Waals surface area contributed by atoms with Crippen molar-refractivity contribution in [2.75, 3.05) is 0 Å². The average molecular weight is 487 g/mol. The van der Waals surface area contributed by atoms with Gasteiger partial charge in [0.15, 0.2) is 0 Å². The summed E-state index contributed by atoms with van der Waals surface area (Å²) in [5.74, 6) is 6.40. The fourth-order valence-corrected chi connectivity index (χ4v) is 10.3. The van der Waals surface area contributed by atoms with Crippen molar-refractivity contribution in [3.63, 3.8) is 0 Å². The summed E-state index contributed by atoms with van der Waals surface area (Å²) in [6.45, 7) is 12.7. The number of benzene rings is 1. The third kappa shape index (κ3) is 3.92. The molecule has 1 aromatic rings. The molecule has 8 atom stereocenters. The molecule has 2 nitrogen and oxygen atoms in total. The fourth-order valence-electron chi connectivity index (χ4n) is 10.3. The van der Waals surface area contributed by atoms with Crippen molar-refractivity contribution >= 4 is 5.84 Å². The molecule has 0 radical (unpaired) electrons. The monoisotopic (exact) mass is 486 g/mol. The highest BCUT2D eigenvalue weighted by molar-refractivity contribution is 6.00. The van der Waals surface area contributed by atoms with Gasteiger partial charge in [-0.1, -0.05) is 90.6 Å². The SMILES string of the molecule is CC(C)CCCC(C)C1CCC2C3CC4=C5C(CCC[C@]5(C)C3CC[C@]12C)N=C(c1ccccc1)N4. The van der Waals surface area contributed by atoms with Crippen molar-refractivity contribution in [1.82, 2.24) is 5.32 Å². The lowest BCUT2D eigenvalue weighted by Crippen LogP contribution is -2.55. The summed E-state index contributed by atoms with van der Waals surface area (Å²) in [6.07, 6.45) is 15.3. The molecule has 1 aromatic carbocycles. The largest absolute Gasteiger partial charge is 0.344 e. The summed E-state index contributed by atoms with van der Waals surface area (Å²) < 4.78 is 0. The van der Waals surface area contributed by atoms with E-state index < -0.39 is 0 Å². The number of nitrogens with one attached hydrogen (secondary N) is 1. The quantitative estimate of drug-likeness (QED) is 0.427. The molecule has 196 valence electrons. The predicted octanol–water partition coefficient (Wildman–Crippen LogP) is 8.77. The topological polar surface area (TPSA) is 24.4 Å². The Morgan fingerprint density at radius 2 is 1.75 bits per heavy atom. The van der Waals surface area contributed by atoms with Crippen LogP contribution in [0.2, 0.25) is 0 Å². The maximum Gasteiger partial charge on any atom is 0.133 e. The number of hydrogen-bond acceptors (Lipinski definition) is 2. The number of amidine groups is 1. The van der Waals surface area contributed by atoms with Crippen LogP contribution >= 0.6 is 0 Å². The third-order valence-corrected chi connectivity index (χ3v) is 11.9. The van der Waals surface area contributed by atoms with Gasteiger partial charge in [0, 0.05) is 11.3 Å². The first kappa shape index (κ1) is 24.7. The molecule has 0 aromatic heterocycles. The molecule has 6 unspecified atom stereocenters. The van der Waals surface area contributed by atoms with Gasteiger partial charge >= 0.3 is 0 Å². The van der Waals surface area contributed by atoms with Crippen LogP contribution in [0.15, 0.2) is 46.6 Å². The Labute approximate surface area is 220 Å². The molecule has 4 aliphatic carbocycles. The lowest BCUT2D eigenvalue weighted by atomic mass is 9.46. The Morgan fingerprint density at radius 3 is 2.53 bits per heavy atom. The molecule has 1 N–H and O–H groups in total. The standard InChI is InChI=1S/C34H50N2/c1-22(2)11-9-12-23(3)26-16-17-27-25-21-30-31-29(35-32(36-30)24-13-7-6-8-14-24)15-10-19-34(31,5)28(25)18-20-33(26,27)4/h6-8,13-14,22-23,25-29H,9-12,15-21H2,1-5H3,(H,35,36)/t23?,25?,26?,27?,28?,29?,33-,34-/m1/s1. The molecule has 3 saturated carbocycles. The van der Waals surface area contributed by atoms with E-state index in [-0.39, 0.29) is 0 Å². The van der Waals surface area contributed by atoms with Crippen LogP contribution in [-0.4, -0.2) is 11.9 Å². The molecule has 0 spiro atoms. The number of hydrogen-bond donors (Lipinski definition) is 1. The molecular formula is C34H50N2. The number of aliphatic imine (C=N–C) groups is 1. The highest BCUT2D eigenvalue weighted by Gasteiger charge is 2.61. The van der Waals surface area contributed by atoms with Crippen LogP contribution in [0.25, 0.3) is 0 Å². The minimum atomic E-state index is 0.349. The van der Waals surface area contributed by atoms with Gasteiger partial charge in [0.25, 0.3) is 0 Å². The molecule has 1 heterocycles. The molecule has 5 aliphatic rings. The molecule has 0 bridgehead atoms. The van der Waals surface area contributed by atoms with Crippen molar-refractivity contribution in [3.8, 4) is 0 Å². The van der Waals surface area contributed by atoms with Crippen molar-refractivity contribution in [1.29, 1.82) is 0 Å². The van der Waals surface area contributed by atoms with Gasteiger partial charge in [-0.15, -0.1) is 0 Å². The molecule has 36 heavy (non-hydrogen) atoms. The smallest absolute Gasteiger partial charge is 0.133 e. The Kier molecular flexibility index (Phi) is 6.41. The number of allylic oxidation sites excluding steroid dienone is 1. The average Bonchev–Trinajstić information content (AvgIpc) is 3.22. The van der Waals surface area contributed by atoms with Gasteiger partial charge in [-0.3, -0.25) is 4.99 Å². The second kappa shape index (κ2) is 9.32. The van der Waals surface area contributed by atoms with E-state index in [4.69, 9.17) is 4.99 Å².